The first-order valence-electron chi connectivity index (χ1n) is 14.0. The molecule has 3 aromatic carbocycles. The molecule has 1 aromatic heterocycles. The summed E-state index contributed by atoms with van der Waals surface area (Å²) in [7, 11) is 0. The summed E-state index contributed by atoms with van der Waals surface area (Å²) in [6, 6.07) is 17.4. The highest BCUT2D eigenvalue weighted by molar-refractivity contribution is 7.22. The zero-order valence-corrected chi connectivity index (χ0v) is 24.6. The SMILES string of the molecule is CCCCOc1cccc(C2C(=C(O)c3ccc(OCCC)cc3)C(=O)C(=O)N2c2nc3c(C)cc(C)cc3s2)c1. The number of hydrogen-bond donors (Lipinski definition) is 1. The summed E-state index contributed by atoms with van der Waals surface area (Å²) in [5.41, 5.74) is 3.95. The van der Waals surface area contributed by atoms with E-state index in [1.165, 1.54) is 16.2 Å². The number of thiazole rings is 1. The minimum Gasteiger partial charge on any atom is -0.507 e. The zero-order valence-electron chi connectivity index (χ0n) is 23.8. The van der Waals surface area contributed by atoms with E-state index < -0.39 is 17.7 Å². The summed E-state index contributed by atoms with van der Waals surface area (Å²) < 4.78 is 12.5. The molecule has 41 heavy (non-hydrogen) atoms. The molecule has 0 spiro atoms. The molecule has 1 fully saturated rings. The lowest BCUT2D eigenvalue weighted by atomic mass is 9.95. The summed E-state index contributed by atoms with van der Waals surface area (Å²) in [5, 5.41) is 11.9. The monoisotopic (exact) mass is 570 g/mol. The number of nitrogens with zero attached hydrogens (tertiary/aromatic N) is 2. The number of aryl methyl sites for hydroxylation is 2. The fourth-order valence-corrected chi connectivity index (χ4v) is 6.17. The Bertz CT molecular complexity index is 1620. The van der Waals surface area contributed by atoms with E-state index in [1.807, 2.05) is 57.2 Å². The maximum Gasteiger partial charge on any atom is 0.301 e. The highest BCUT2D eigenvalue weighted by Crippen LogP contribution is 2.45. The lowest BCUT2D eigenvalue weighted by Gasteiger charge is -2.23. The third-order valence-electron chi connectivity index (χ3n) is 7.01. The fourth-order valence-electron chi connectivity index (χ4n) is 5.00. The second-order valence-corrected chi connectivity index (χ2v) is 11.3. The molecule has 1 saturated heterocycles. The number of fused-ring (bicyclic) bond motifs is 1. The van der Waals surface area contributed by atoms with Crippen LogP contribution in [0.1, 0.15) is 61.4 Å². The van der Waals surface area contributed by atoms with Crippen molar-refractivity contribution >= 4 is 44.1 Å². The molecule has 0 bridgehead atoms. The van der Waals surface area contributed by atoms with Gasteiger partial charge in [-0.2, -0.15) is 0 Å². The molecule has 4 aromatic rings. The van der Waals surface area contributed by atoms with Crippen LogP contribution >= 0.6 is 11.3 Å². The van der Waals surface area contributed by atoms with Crippen LogP contribution in [0.4, 0.5) is 5.13 Å². The van der Waals surface area contributed by atoms with Crippen molar-refractivity contribution in [2.75, 3.05) is 18.1 Å². The van der Waals surface area contributed by atoms with Gasteiger partial charge in [-0.25, -0.2) is 4.98 Å². The van der Waals surface area contributed by atoms with E-state index in [2.05, 4.69) is 6.92 Å². The smallest absolute Gasteiger partial charge is 0.301 e. The summed E-state index contributed by atoms with van der Waals surface area (Å²) in [4.78, 5) is 33.5. The van der Waals surface area contributed by atoms with Crippen molar-refractivity contribution in [3.63, 3.8) is 0 Å². The number of Topliss-reactive ketones (excluding diaryl/α,β-unsaturated/α-hetero) is 1. The number of carbonyl (C=O) groups excluding carboxylic acids is 2. The summed E-state index contributed by atoms with van der Waals surface area (Å²) in [6.07, 6.45) is 2.78. The van der Waals surface area contributed by atoms with Crippen molar-refractivity contribution in [2.45, 2.75) is 53.0 Å². The minimum atomic E-state index is -0.886. The average Bonchev–Trinajstić information content (AvgIpc) is 3.50. The third kappa shape index (κ3) is 5.70. The molecule has 212 valence electrons. The number of carbonyl (C=O) groups is 2. The first-order valence-corrected chi connectivity index (χ1v) is 14.8. The van der Waals surface area contributed by atoms with Gasteiger partial charge in [0.15, 0.2) is 5.13 Å². The molecule has 5 rings (SSSR count). The molecule has 1 amide bonds. The van der Waals surface area contributed by atoms with Gasteiger partial charge < -0.3 is 14.6 Å². The lowest BCUT2D eigenvalue weighted by molar-refractivity contribution is -0.132. The first kappa shape index (κ1) is 28.4. The van der Waals surface area contributed by atoms with Crippen LogP contribution in [0, 0.1) is 13.8 Å². The van der Waals surface area contributed by atoms with E-state index in [1.54, 1.807) is 24.3 Å². The van der Waals surface area contributed by atoms with Gasteiger partial charge in [0.05, 0.1) is 35.0 Å². The van der Waals surface area contributed by atoms with Crippen molar-refractivity contribution in [3.8, 4) is 11.5 Å². The zero-order chi connectivity index (χ0) is 29.1. The number of ketones is 1. The Morgan fingerprint density at radius 3 is 2.44 bits per heavy atom. The largest absolute Gasteiger partial charge is 0.507 e. The number of aromatic nitrogens is 1. The van der Waals surface area contributed by atoms with E-state index in [0.717, 1.165) is 40.6 Å². The second kappa shape index (κ2) is 12.1. The molecule has 7 nitrogen and oxygen atoms in total. The number of aliphatic hydroxyl groups excluding tert-OH is 1. The van der Waals surface area contributed by atoms with Crippen LogP contribution in [0.5, 0.6) is 11.5 Å². The number of amides is 1. The van der Waals surface area contributed by atoms with Gasteiger partial charge in [0, 0.05) is 5.56 Å². The molecule has 1 aliphatic rings. The molecule has 8 heteroatoms. The van der Waals surface area contributed by atoms with Gasteiger partial charge in [-0.3, -0.25) is 14.5 Å². The number of hydrogen-bond acceptors (Lipinski definition) is 7. The van der Waals surface area contributed by atoms with Crippen molar-refractivity contribution < 1.29 is 24.2 Å². The maximum absolute atomic E-state index is 13.7. The molecular formula is C33H34N2O5S. The molecule has 1 atom stereocenters. The van der Waals surface area contributed by atoms with Crippen LogP contribution < -0.4 is 14.4 Å². The van der Waals surface area contributed by atoms with Crippen LogP contribution in [0.25, 0.3) is 16.0 Å². The van der Waals surface area contributed by atoms with Crippen molar-refractivity contribution in [1.82, 2.24) is 4.98 Å². The average molecular weight is 571 g/mol. The van der Waals surface area contributed by atoms with E-state index in [9.17, 15) is 14.7 Å². The number of anilines is 1. The van der Waals surface area contributed by atoms with E-state index in [0.29, 0.717) is 41.0 Å². The summed E-state index contributed by atoms with van der Waals surface area (Å²) >= 11 is 1.36. The lowest BCUT2D eigenvalue weighted by Crippen LogP contribution is -2.29. The molecule has 1 unspecified atom stereocenters. The Balaban J connectivity index is 1.64. The van der Waals surface area contributed by atoms with Crippen LogP contribution in [0.2, 0.25) is 0 Å². The third-order valence-corrected chi connectivity index (χ3v) is 8.01. The quantitative estimate of drug-likeness (QED) is 0.0919. The molecule has 2 heterocycles. The van der Waals surface area contributed by atoms with Crippen LogP contribution in [-0.4, -0.2) is 35.0 Å². The molecule has 0 radical (unpaired) electrons. The molecule has 0 aliphatic carbocycles. The normalized spacial score (nSPS) is 16.5. The highest BCUT2D eigenvalue weighted by Gasteiger charge is 2.48. The summed E-state index contributed by atoms with van der Waals surface area (Å²) in [6.45, 7) is 9.25. The molecule has 0 saturated carbocycles. The Hall–Kier alpha value is -4.17. The Kier molecular flexibility index (Phi) is 8.40. The Labute approximate surface area is 244 Å². The maximum atomic E-state index is 13.7. The number of unbranched alkanes of at least 4 members (excludes halogenated alkanes) is 1. The van der Waals surface area contributed by atoms with Crippen LogP contribution in [-0.2, 0) is 9.59 Å². The van der Waals surface area contributed by atoms with Gasteiger partial charge in [-0.1, -0.05) is 49.8 Å². The van der Waals surface area contributed by atoms with Crippen molar-refractivity contribution in [2.24, 2.45) is 0 Å². The van der Waals surface area contributed by atoms with Gasteiger partial charge in [0.2, 0.25) is 0 Å². The Morgan fingerprint density at radius 2 is 1.71 bits per heavy atom. The molecule has 1 N–H and O–H groups in total. The van der Waals surface area contributed by atoms with E-state index in [4.69, 9.17) is 14.5 Å². The van der Waals surface area contributed by atoms with E-state index in [-0.39, 0.29) is 11.3 Å². The van der Waals surface area contributed by atoms with Gasteiger partial charge >= 0.3 is 5.91 Å². The van der Waals surface area contributed by atoms with Crippen molar-refractivity contribution in [1.29, 1.82) is 0 Å². The number of aliphatic hydroxyl groups is 1. The summed E-state index contributed by atoms with van der Waals surface area (Å²) in [5.74, 6) is -0.441. The topological polar surface area (TPSA) is 89.0 Å². The number of benzene rings is 3. The second-order valence-electron chi connectivity index (χ2n) is 10.2. The highest BCUT2D eigenvalue weighted by atomic mass is 32.1. The predicted molar refractivity (Wildman–Crippen MR) is 163 cm³/mol. The van der Waals surface area contributed by atoms with Crippen LogP contribution in [0.3, 0.4) is 0 Å². The van der Waals surface area contributed by atoms with E-state index >= 15 is 0 Å². The fraction of sp³-hybridized carbons (Fsp3) is 0.303. The van der Waals surface area contributed by atoms with Gasteiger partial charge in [-0.05, 0) is 85.8 Å². The van der Waals surface area contributed by atoms with Gasteiger partial charge in [0.25, 0.3) is 5.78 Å². The molecular weight excluding hydrogens is 536 g/mol. The molecule has 1 aliphatic heterocycles. The van der Waals surface area contributed by atoms with Gasteiger partial charge in [-0.15, -0.1) is 0 Å². The first-order chi connectivity index (χ1) is 19.8. The predicted octanol–water partition coefficient (Wildman–Crippen LogP) is 7.51. The number of ether oxygens (including phenoxy) is 2. The standard InChI is InChI=1S/C33H34N2O5S/c1-5-7-16-40-25-10-8-9-23(19-25)29-27(30(36)22-11-13-24(14-12-22)39-15-6-2)31(37)32(38)35(29)33-34-28-21(4)17-20(3)18-26(28)41-33/h8-14,17-19,29,36H,5-7,15-16H2,1-4H3. The number of rotatable bonds is 10. The van der Waals surface area contributed by atoms with Gasteiger partial charge in [0.1, 0.15) is 17.3 Å². The van der Waals surface area contributed by atoms with Crippen molar-refractivity contribution in [3.05, 3.63) is 88.5 Å². The Morgan fingerprint density at radius 1 is 0.951 bits per heavy atom. The minimum absolute atomic E-state index is 0.00935. The van der Waals surface area contributed by atoms with Crippen LogP contribution in [0.15, 0.2) is 66.2 Å².